The predicted molar refractivity (Wildman–Crippen MR) is 101 cm³/mol. The Kier molecular flexibility index (Phi) is 6.57. The minimum absolute atomic E-state index is 0.462. The van der Waals surface area contributed by atoms with Gasteiger partial charge in [-0.05, 0) is 50.6 Å². The molecule has 24 heavy (non-hydrogen) atoms. The van der Waals surface area contributed by atoms with Crippen molar-refractivity contribution >= 4 is 35.1 Å². The molecule has 0 radical (unpaired) electrons. The standard InChI is InChI=1S/C16H23N5OS2/c17-15-16(20-24-19-15)18-7-4-10-22-13-5-3-6-14(11-13)23-12-21-8-1-2-9-21/h3,5-6,11H,1-2,4,7-10,12H2,(H2,17,19)(H,18,20). The van der Waals surface area contributed by atoms with Gasteiger partial charge in [0.25, 0.3) is 0 Å². The molecule has 1 aliphatic rings. The number of anilines is 2. The van der Waals surface area contributed by atoms with E-state index in [1.54, 1.807) is 0 Å². The highest BCUT2D eigenvalue weighted by Crippen LogP contribution is 2.25. The van der Waals surface area contributed by atoms with E-state index in [1.165, 1.54) is 30.8 Å². The van der Waals surface area contributed by atoms with Crippen molar-refractivity contribution in [2.45, 2.75) is 24.2 Å². The van der Waals surface area contributed by atoms with E-state index in [4.69, 9.17) is 10.5 Å². The highest BCUT2D eigenvalue weighted by molar-refractivity contribution is 7.99. The number of benzene rings is 1. The number of hydrogen-bond acceptors (Lipinski definition) is 8. The Morgan fingerprint density at radius 3 is 2.96 bits per heavy atom. The minimum atomic E-state index is 0.462. The number of nitrogens with one attached hydrogen (secondary N) is 1. The number of ether oxygens (including phenoxy) is 1. The maximum absolute atomic E-state index is 5.84. The zero-order valence-electron chi connectivity index (χ0n) is 13.6. The van der Waals surface area contributed by atoms with Crippen LogP contribution in [0.4, 0.5) is 11.6 Å². The van der Waals surface area contributed by atoms with Gasteiger partial charge >= 0.3 is 0 Å². The molecule has 2 aromatic rings. The Hall–Kier alpha value is -1.51. The van der Waals surface area contributed by atoms with Crippen LogP contribution in [0, 0.1) is 0 Å². The number of aromatic nitrogens is 2. The maximum Gasteiger partial charge on any atom is 0.184 e. The zero-order chi connectivity index (χ0) is 16.6. The van der Waals surface area contributed by atoms with Gasteiger partial charge in [0.2, 0.25) is 0 Å². The van der Waals surface area contributed by atoms with Crippen molar-refractivity contribution in [3.63, 3.8) is 0 Å². The van der Waals surface area contributed by atoms with Crippen molar-refractivity contribution in [2.24, 2.45) is 0 Å². The van der Waals surface area contributed by atoms with Crippen LogP contribution in [0.1, 0.15) is 19.3 Å². The molecule has 0 aliphatic carbocycles. The van der Waals surface area contributed by atoms with Crippen LogP contribution in [-0.2, 0) is 0 Å². The topological polar surface area (TPSA) is 76.3 Å². The average molecular weight is 366 g/mol. The van der Waals surface area contributed by atoms with Crippen molar-refractivity contribution in [3.8, 4) is 5.75 Å². The molecule has 1 saturated heterocycles. The number of thioether (sulfide) groups is 1. The number of hydrogen-bond donors (Lipinski definition) is 2. The first-order chi connectivity index (χ1) is 11.8. The highest BCUT2D eigenvalue weighted by atomic mass is 32.2. The summed E-state index contributed by atoms with van der Waals surface area (Å²) in [4.78, 5) is 3.77. The maximum atomic E-state index is 5.84. The summed E-state index contributed by atoms with van der Waals surface area (Å²) >= 11 is 3.00. The van der Waals surface area contributed by atoms with Crippen LogP contribution in [0.5, 0.6) is 5.75 Å². The Morgan fingerprint density at radius 1 is 1.29 bits per heavy atom. The molecule has 2 heterocycles. The molecule has 0 bridgehead atoms. The van der Waals surface area contributed by atoms with Gasteiger partial charge in [0.05, 0.1) is 18.3 Å². The summed E-state index contributed by atoms with van der Waals surface area (Å²) in [5.41, 5.74) is 5.67. The summed E-state index contributed by atoms with van der Waals surface area (Å²) in [7, 11) is 0. The quantitative estimate of drug-likeness (QED) is 0.522. The summed E-state index contributed by atoms with van der Waals surface area (Å²) in [6.07, 6.45) is 3.54. The SMILES string of the molecule is Nc1nsnc1NCCCOc1cccc(SCN2CCCC2)c1. The lowest BCUT2D eigenvalue weighted by Crippen LogP contribution is -2.17. The molecule has 0 spiro atoms. The summed E-state index contributed by atoms with van der Waals surface area (Å²) in [5, 5.41) is 3.16. The Balaban J connectivity index is 1.35. The third-order valence-corrected chi connectivity index (χ3v) is 5.44. The number of nitrogens with two attached hydrogens (primary N) is 1. The van der Waals surface area contributed by atoms with Crippen molar-refractivity contribution < 1.29 is 4.74 Å². The molecule has 1 fully saturated rings. The van der Waals surface area contributed by atoms with E-state index < -0.39 is 0 Å². The van der Waals surface area contributed by atoms with Crippen LogP contribution in [0.2, 0.25) is 0 Å². The molecule has 1 aromatic carbocycles. The van der Waals surface area contributed by atoms with E-state index in [0.717, 1.165) is 36.3 Å². The monoisotopic (exact) mass is 365 g/mol. The molecule has 0 atom stereocenters. The second-order valence-electron chi connectivity index (χ2n) is 5.70. The zero-order valence-corrected chi connectivity index (χ0v) is 15.2. The molecule has 130 valence electrons. The Bertz CT molecular complexity index is 630. The molecule has 3 rings (SSSR count). The molecular formula is C16H23N5OS2. The lowest BCUT2D eigenvalue weighted by atomic mass is 10.3. The van der Waals surface area contributed by atoms with Gasteiger partial charge in [0.15, 0.2) is 11.6 Å². The number of likely N-dealkylation sites (tertiary alicyclic amines) is 1. The fourth-order valence-corrected chi connectivity index (χ4v) is 3.94. The normalized spacial score (nSPS) is 14.8. The largest absolute Gasteiger partial charge is 0.493 e. The van der Waals surface area contributed by atoms with Crippen LogP contribution in [-0.4, -0.2) is 45.8 Å². The fraction of sp³-hybridized carbons (Fsp3) is 0.500. The second kappa shape index (κ2) is 9.10. The molecule has 0 saturated carbocycles. The van der Waals surface area contributed by atoms with Crippen LogP contribution >= 0.6 is 23.5 Å². The third kappa shape index (κ3) is 5.25. The van der Waals surface area contributed by atoms with E-state index in [-0.39, 0.29) is 0 Å². The summed E-state index contributed by atoms with van der Waals surface area (Å²) in [6, 6.07) is 8.33. The molecule has 3 N–H and O–H groups in total. The molecule has 6 nitrogen and oxygen atoms in total. The van der Waals surface area contributed by atoms with E-state index >= 15 is 0 Å². The third-order valence-electron chi connectivity index (χ3n) is 3.81. The summed E-state index contributed by atoms with van der Waals surface area (Å²) in [5.74, 6) is 3.12. The minimum Gasteiger partial charge on any atom is -0.493 e. The van der Waals surface area contributed by atoms with Crippen molar-refractivity contribution in [1.29, 1.82) is 0 Å². The number of nitrogen functional groups attached to an aromatic ring is 1. The lowest BCUT2D eigenvalue weighted by Gasteiger charge is -2.14. The first-order valence-corrected chi connectivity index (χ1v) is 9.93. The van der Waals surface area contributed by atoms with E-state index in [2.05, 4.69) is 37.2 Å². The first kappa shape index (κ1) is 17.3. The van der Waals surface area contributed by atoms with Gasteiger partial charge in [-0.25, -0.2) is 0 Å². The Labute approximate surface area is 151 Å². The van der Waals surface area contributed by atoms with Gasteiger partial charge < -0.3 is 15.8 Å². The van der Waals surface area contributed by atoms with Crippen LogP contribution in [0.25, 0.3) is 0 Å². The summed E-state index contributed by atoms with van der Waals surface area (Å²) in [6.45, 7) is 3.88. The van der Waals surface area contributed by atoms with Gasteiger partial charge in [0.1, 0.15) is 5.75 Å². The molecular weight excluding hydrogens is 342 g/mol. The molecule has 1 aromatic heterocycles. The molecule has 1 aliphatic heterocycles. The van der Waals surface area contributed by atoms with E-state index in [1.807, 2.05) is 17.8 Å². The highest BCUT2D eigenvalue weighted by Gasteiger charge is 2.11. The number of nitrogens with zero attached hydrogens (tertiary/aromatic N) is 3. The van der Waals surface area contributed by atoms with Crippen LogP contribution in [0.15, 0.2) is 29.2 Å². The van der Waals surface area contributed by atoms with Crippen molar-refractivity contribution in [1.82, 2.24) is 13.6 Å². The second-order valence-corrected chi connectivity index (χ2v) is 7.25. The van der Waals surface area contributed by atoms with Crippen molar-refractivity contribution in [2.75, 3.05) is 43.2 Å². The Morgan fingerprint density at radius 2 is 2.17 bits per heavy atom. The van der Waals surface area contributed by atoms with E-state index in [9.17, 15) is 0 Å². The van der Waals surface area contributed by atoms with Gasteiger partial charge in [-0.15, -0.1) is 11.8 Å². The van der Waals surface area contributed by atoms with Gasteiger partial charge in [-0.3, -0.25) is 4.90 Å². The predicted octanol–water partition coefficient (Wildman–Crippen LogP) is 3.15. The lowest BCUT2D eigenvalue weighted by molar-refractivity contribution is 0.314. The van der Waals surface area contributed by atoms with Gasteiger partial charge in [-0.2, -0.15) is 8.75 Å². The van der Waals surface area contributed by atoms with E-state index in [0.29, 0.717) is 18.2 Å². The average Bonchev–Trinajstić information content (AvgIpc) is 3.25. The number of rotatable bonds is 9. The van der Waals surface area contributed by atoms with Gasteiger partial charge in [0, 0.05) is 17.3 Å². The van der Waals surface area contributed by atoms with Crippen molar-refractivity contribution in [3.05, 3.63) is 24.3 Å². The smallest absolute Gasteiger partial charge is 0.184 e. The van der Waals surface area contributed by atoms with Crippen LogP contribution in [0.3, 0.4) is 0 Å². The summed E-state index contributed by atoms with van der Waals surface area (Å²) < 4.78 is 13.8. The molecule has 8 heteroatoms. The van der Waals surface area contributed by atoms with Gasteiger partial charge in [-0.1, -0.05) is 6.07 Å². The fourth-order valence-electron chi connectivity index (χ4n) is 2.52. The molecule has 0 unspecified atom stereocenters. The molecule has 0 amide bonds. The van der Waals surface area contributed by atoms with Crippen LogP contribution < -0.4 is 15.8 Å². The first-order valence-electron chi connectivity index (χ1n) is 8.21.